The van der Waals surface area contributed by atoms with Gasteiger partial charge in [-0.3, -0.25) is 0 Å². The Bertz CT molecular complexity index is 515. The zero-order valence-corrected chi connectivity index (χ0v) is 11.9. The maximum atomic E-state index is 13.7. The van der Waals surface area contributed by atoms with E-state index in [1.807, 2.05) is 0 Å². The van der Waals surface area contributed by atoms with Crippen molar-refractivity contribution in [2.45, 2.75) is 37.8 Å². The lowest BCUT2D eigenvalue weighted by Gasteiger charge is -2.23. The molecule has 1 aromatic rings. The molecule has 0 saturated carbocycles. The zero-order chi connectivity index (χ0) is 16.6. The van der Waals surface area contributed by atoms with E-state index in [9.17, 15) is 35.8 Å². The van der Waals surface area contributed by atoms with E-state index in [1.165, 1.54) is 6.92 Å². The first-order valence-corrected chi connectivity index (χ1v) is 5.81. The molecule has 22 heavy (non-hydrogen) atoms. The highest BCUT2D eigenvalue weighted by molar-refractivity contribution is 5.85. The fourth-order valence-electron chi connectivity index (χ4n) is 1.80. The van der Waals surface area contributed by atoms with Gasteiger partial charge in [0.15, 0.2) is 0 Å². The van der Waals surface area contributed by atoms with Crippen LogP contribution in [0.1, 0.15) is 36.1 Å². The van der Waals surface area contributed by atoms with E-state index in [0.29, 0.717) is 0 Å². The van der Waals surface area contributed by atoms with Gasteiger partial charge in [-0.05, 0) is 18.6 Å². The molecule has 0 amide bonds. The van der Waals surface area contributed by atoms with Crippen LogP contribution in [0.4, 0.5) is 30.7 Å². The summed E-state index contributed by atoms with van der Waals surface area (Å²) in [5.74, 6) is -1.75. The van der Waals surface area contributed by atoms with Crippen molar-refractivity contribution in [3.63, 3.8) is 0 Å². The minimum absolute atomic E-state index is 0. The average Bonchev–Trinajstić information content (AvgIpc) is 2.33. The summed E-state index contributed by atoms with van der Waals surface area (Å²) in [5, 5.41) is 9.44. The number of benzene rings is 1. The van der Waals surface area contributed by atoms with E-state index >= 15 is 0 Å². The van der Waals surface area contributed by atoms with Gasteiger partial charge in [0.1, 0.15) is 5.82 Å². The topological polar surface area (TPSA) is 46.2 Å². The second-order valence-corrected chi connectivity index (χ2v) is 4.42. The number of hydrogen-bond donors (Lipinski definition) is 2. The predicted octanol–water partition coefficient (Wildman–Crippen LogP) is 4.06. The van der Waals surface area contributed by atoms with Gasteiger partial charge in [0.05, 0.1) is 23.3 Å². The Morgan fingerprint density at radius 2 is 1.59 bits per heavy atom. The van der Waals surface area contributed by atoms with Crippen molar-refractivity contribution < 1.29 is 35.8 Å². The molecule has 0 saturated heterocycles. The molecule has 10 heteroatoms. The summed E-state index contributed by atoms with van der Waals surface area (Å²) in [7, 11) is 0. The van der Waals surface area contributed by atoms with Crippen molar-refractivity contribution in [1.29, 1.82) is 0 Å². The van der Waals surface area contributed by atoms with Crippen LogP contribution in [0.3, 0.4) is 0 Å². The van der Waals surface area contributed by atoms with E-state index in [0.717, 1.165) is 0 Å². The van der Waals surface area contributed by atoms with Gasteiger partial charge in [0.25, 0.3) is 0 Å². The first-order valence-electron chi connectivity index (χ1n) is 5.81. The van der Waals surface area contributed by atoms with Gasteiger partial charge in [0.2, 0.25) is 0 Å². The highest BCUT2D eigenvalue weighted by atomic mass is 35.5. The second kappa shape index (κ2) is 7.01. The summed E-state index contributed by atoms with van der Waals surface area (Å²) < 4.78 is 89.7. The Kier molecular flexibility index (Phi) is 6.67. The number of nitrogens with two attached hydrogens (primary N) is 1. The normalized spacial score (nSPS) is 15.2. The molecule has 3 N–H and O–H groups in total. The van der Waals surface area contributed by atoms with Crippen molar-refractivity contribution in [2.75, 3.05) is 0 Å². The monoisotopic (exact) mass is 355 g/mol. The minimum Gasteiger partial charge on any atom is -0.391 e. The van der Waals surface area contributed by atoms with Crippen LogP contribution in [0.25, 0.3) is 0 Å². The molecule has 128 valence electrons. The van der Waals surface area contributed by atoms with Gasteiger partial charge in [-0.25, -0.2) is 4.39 Å². The number of aliphatic hydroxyl groups is 1. The number of halogens is 8. The molecule has 0 aliphatic rings. The standard InChI is InChI=1S/C12H12F7NO.ClH/c1-2-8(21)10(20)9-6(12(17,18)19)3-5(4-7(9)13)11(14,15)16;/h3-4,8,10,21H,2,20H2,1H3;1H/t8-,10-;/m0./s1. The number of rotatable bonds is 3. The lowest BCUT2D eigenvalue weighted by molar-refractivity contribution is -0.144. The maximum absolute atomic E-state index is 13.7. The fraction of sp³-hybridized carbons (Fsp3) is 0.500. The quantitative estimate of drug-likeness (QED) is 0.803. The van der Waals surface area contributed by atoms with E-state index in [2.05, 4.69) is 0 Å². The highest BCUT2D eigenvalue weighted by Crippen LogP contribution is 2.40. The van der Waals surface area contributed by atoms with Crippen LogP contribution in [0.15, 0.2) is 12.1 Å². The maximum Gasteiger partial charge on any atom is 0.416 e. The van der Waals surface area contributed by atoms with Crippen LogP contribution in [-0.4, -0.2) is 11.2 Å². The van der Waals surface area contributed by atoms with E-state index in [4.69, 9.17) is 5.73 Å². The van der Waals surface area contributed by atoms with E-state index in [1.54, 1.807) is 0 Å². The summed E-state index contributed by atoms with van der Waals surface area (Å²) in [5.41, 5.74) is 0.552. The van der Waals surface area contributed by atoms with Gasteiger partial charge in [0, 0.05) is 5.56 Å². The van der Waals surface area contributed by atoms with Crippen molar-refractivity contribution >= 4 is 12.4 Å². The molecule has 1 aromatic carbocycles. The predicted molar refractivity (Wildman–Crippen MR) is 66.9 cm³/mol. The number of alkyl halides is 6. The SMILES string of the molecule is CC[C@H](O)[C@H](N)c1c(F)cc(C(F)(F)F)cc1C(F)(F)F.Cl. The van der Waals surface area contributed by atoms with Gasteiger partial charge in [-0.2, -0.15) is 26.3 Å². The van der Waals surface area contributed by atoms with Crippen LogP contribution in [0, 0.1) is 5.82 Å². The third kappa shape index (κ3) is 4.47. The molecule has 0 heterocycles. The van der Waals surface area contributed by atoms with Gasteiger partial charge >= 0.3 is 12.4 Å². The van der Waals surface area contributed by atoms with Crippen molar-refractivity contribution in [3.8, 4) is 0 Å². The third-order valence-electron chi connectivity index (χ3n) is 2.93. The number of hydrogen-bond acceptors (Lipinski definition) is 2. The van der Waals surface area contributed by atoms with Crippen LogP contribution in [0.5, 0.6) is 0 Å². The summed E-state index contributed by atoms with van der Waals surface area (Å²) in [4.78, 5) is 0. The Labute approximate surface area is 127 Å². The largest absolute Gasteiger partial charge is 0.416 e. The highest BCUT2D eigenvalue weighted by Gasteiger charge is 2.41. The molecule has 1 rings (SSSR count). The van der Waals surface area contributed by atoms with Crippen molar-refractivity contribution in [3.05, 3.63) is 34.6 Å². The molecule has 2 atom stereocenters. The van der Waals surface area contributed by atoms with E-state index < -0.39 is 47.0 Å². The second-order valence-electron chi connectivity index (χ2n) is 4.42. The molecule has 0 unspecified atom stereocenters. The molecule has 2 nitrogen and oxygen atoms in total. The van der Waals surface area contributed by atoms with Crippen LogP contribution in [-0.2, 0) is 12.4 Å². The molecule has 0 aliphatic heterocycles. The molecule has 0 bridgehead atoms. The third-order valence-corrected chi connectivity index (χ3v) is 2.93. The van der Waals surface area contributed by atoms with Gasteiger partial charge in [-0.1, -0.05) is 6.92 Å². The summed E-state index contributed by atoms with van der Waals surface area (Å²) in [6.45, 7) is 1.39. The molecule has 0 spiro atoms. The lowest BCUT2D eigenvalue weighted by Crippen LogP contribution is -2.29. The van der Waals surface area contributed by atoms with E-state index in [-0.39, 0.29) is 31.0 Å². The molecule has 0 aromatic heterocycles. The first kappa shape index (κ1) is 20.9. The average molecular weight is 356 g/mol. The van der Waals surface area contributed by atoms with Crippen LogP contribution >= 0.6 is 12.4 Å². The first-order chi connectivity index (χ1) is 9.39. The molecule has 0 fully saturated rings. The fourth-order valence-corrected chi connectivity index (χ4v) is 1.80. The van der Waals surface area contributed by atoms with Crippen LogP contribution in [0.2, 0.25) is 0 Å². The Hall–Kier alpha value is -1.06. The molecular weight excluding hydrogens is 343 g/mol. The Morgan fingerprint density at radius 3 is 1.95 bits per heavy atom. The molecular formula is C12H13ClF7NO. The summed E-state index contributed by atoms with van der Waals surface area (Å²) in [6, 6.07) is -2.05. The van der Waals surface area contributed by atoms with Gasteiger partial charge < -0.3 is 10.8 Å². The summed E-state index contributed by atoms with van der Waals surface area (Å²) in [6.07, 6.45) is -12.0. The number of aliphatic hydroxyl groups excluding tert-OH is 1. The molecule has 0 radical (unpaired) electrons. The molecule has 0 aliphatic carbocycles. The minimum atomic E-state index is -5.23. The van der Waals surface area contributed by atoms with Gasteiger partial charge in [-0.15, -0.1) is 12.4 Å². The van der Waals surface area contributed by atoms with Crippen LogP contribution < -0.4 is 5.73 Å². The smallest absolute Gasteiger partial charge is 0.391 e. The summed E-state index contributed by atoms with van der Waals surface area (Å²) >= 11 is 0. The zero-order valence-electron chi connectivity index (χ0n) is 11.1. The lowest BCUT2D eigenvalue weighted by atomic mass is 9.93. The van der Waals surface area contributed by atoms with Crippen molar-refractivity contribution in [2.24, 2.45) is 5.73 Å². The Balaban J connectivity index is 0.00000441. The Morgan fingerprint density at radius 1 is 1.09 bits per heavy atom. The van der Waals surface area contributed by atoms with Crippen molar-refractivity contribution in [1.82, 2.24) is 0 Å².